The average molecular weight is 417 g/mol. The van der Waals surface area contributed by atoms with Crippen LogP contribution in [-0.2, 0) is 4.79 Å². The van der Waals surface area contributed by atoms with Gasteiger partial charge in [-0.2, -0.15) is 5.26 Å². The molecule has 1 unspecified atom stereocenters. The molecular formula is C24H23N3O4. The molecule has 2 N–H and O–H groups in total. The second-order valence-electron chi connectivity index (χ2n) is 6.69. The van der Waals surface area contributed by atoms with Gasteiger partial charge >= 0.3 is 0 Å². The summed E-state index contributed by atoms with van der Waals surface area (Å²) >= 11 is 0. The molecule has 3 aromatic rings. The predicted molar refractivity (Wildman–Crippen MR) is 119 cm³/mol. The largest absolute Gasteiger partial charge is 0.497 e. The molecule has 0 spiro atoms. The van der Waals surface area contributed by atoms with Crippen molar-refractivity contribution in [2.24, 2.45) is 0 Å². The van der Waals surface area contributed by atoms with Crippen molar-refractivity contribution in [2.45, 2.75) is 13.0 Å². The topological polar surface area (TPSA) is 92.6 Å². The first-order chi connectivity index (χ1) is 15.0. The van der Waals surface area contributed by atoms with Crippen LogP contribution in [0.1, 0.15) is 12.5 Å². The highest BCUT2D eigenvalue weighted by molar-refractivity contribution is 5.96. The minimum absolute atomic E-state index is 0.210. The van der Waals surface area contributed by atoms with Crippen molar-refractivity contribution in [3.05, 3.63) is 72.3 Å². The number of hydrogen-bond acceptors (Lipinski definition) is 6. The lowest BCUT2D eigenvalue weighted by Gasteiger charge is -2.17. The molecule has 7 nitrogen and oxygen atoms in total. The Morgan fingerprint density at radius 2 is 1.52 bits per heavy atom. The van der Waals surface area contributed by atoms with E-state index in [0.29, 0.717) is 34.2 Å². The Kier molecular flexibility index (Phi) is 6.97. The van der Waals surface area contributed by atoms with Gasteiger partial charge in [0.25, 0.3) is 0 Å². The summed E-state index contributed by atoms with van der Waals surface area (Å²) in [5.41, 5.74) is 1.86. The Balaban J connectivity index is 1.69. The van der Waals surface area contributed by atoms with E-state index >= 15 is 0 Å². The lowest BCUT2D eigenvalue weighted by Crippen LogP contribution is -2.31. The van der Waals surface area contributed by atoms with Gasteiger partial charge in [-0.15, -0.1) is 0 Å². The van der Waals surface area contributed by atoms with Crippen molar-refractivity contribution >= 4 is 17.3 Å². The van der Waals surface area contributed by atoms with Crippen molar-refractivity contribution in [3.8, 4) is 29.1 Å². The van der Waals surface area contributed by atoms with Gasteiger partial charge in [-0.3, -0.25) is 4.79 Å². The van der Waals surface area contributed by atoms with Crippen molar-refractivity contribution < 1.29 is 19.0 Å². The molecule has 7 heteroatoms. The Morgan fingerprint density at radius 3 is 2.13 bits per heavy atom. The second-order valence-corrected chi connectivity index (χ2v) is 6.69. The Labute approximate surface area is 181 Å². The Morgan fingerprint density at radius 1 is 0.871 bits per heavy atom. The van der Waals surface area contributed by atoms with Gasteiger partial charge in [0.2, 0.25) is 5.91 Å². The van der Waals surface area contributed by atoms with Crippen molar-refractivity contribution in [1.29, 1.82) is 5.26 Å². The smallest absolute Gasteiger partial charge is 0.246 e. The van der Waals surface area contributed by atoms with Gasteiger partial charge in [0.15, 0.2) is 11.5 Å². The zero-order chi connectivity index (χ0) is 22.2. The van der Waals surface area contributed by atoms with Crippen LogP contribution >= 0.6 is 0 Å². The zero-order valence-electron chi connectivity index (χ0n) is 17.5. The van der Waals surface area contributed by atoms with Crippen LogP contribution in [0.5, 0.6) is 23.0 Å². The third-order valence-corrected chi connectivity index (χ3v) is 4.51. The molecule has 0 heterocycles. The summed E-state index contributed by atoms with van der Waals surface area (Å²) < 4.78 is 16.5. The number of ether oxygens (including phenoxy) is 3. The molecule has 31 heavy (non-hydrogen) atoms. The molecule has 0 aromatic heterocycles. The number of nitrogens with one attached hydrogen (secondary N) is 2. The Hall–Kier alpha value is -4.18. The lowest BCUT2D eigenvalue weighted by molar-refractivity contribution is -0.116. The molecule has 1 atom stereocenters. The molecule has 3 rings (SSSR count). The maximum Gasteiger partial charge on any atom is 0.246 e. The van der Waals surface area contributed by atoms with Crippen LogP contribution in [0.4, 0.5) is 11.4 Å². The van der Waals surface area contributed by atoms with Gasteiger partial charge in [-0.25, -0.2) is 0 Å². The number of amides is 1. The minimum atomic E-state index is -0.516. The summed E-state index contributed by atoms with van der Waals surface area (Å²) in [6.07, 6.45) is 0. The molecule has 3 aromatic carbocycles. The van der Waals surface area contributed by atoms with E-state index in [4.69, 9.17) is 19.5 Å². The SMILES string of the molecule is COc1ccc(Oc2cc(NC(C)C(=O)Nc3ccc(C#N)cc3)ccc2OC)cc1. The monoisotopic (exact) mass is 417 g/mol. The fraction of sp³-hybridized carbons (Fsp3) is 0.167. The minimum Gasteiger partial charge on any atom is -0.497 e. The first-order valence-electron chi connectivity index (χ1n) is 9.60. The molecule has 0 aliphatic heterocycles. The van der Waals surface area contributed by atoms with Gasteiger partial charge in [-0.1, -0.05) is 0 Å². The number of rotatable bonds is 8. The van der Waals surface area contributed by atoms with Crippen LogP contribution in [0.15, 0.2) is 66.7 Å². The van der Waals surface area contributed by atoms with E-state index in [-0.39, 0.29) is 5.91 Å². The van der Waals surface area contributed by atoms with Gasteiger partial charge in [0, 0.05) is 17.4 Å². The van der Waals surface area contributed by atoms with Gasteiger partial charge < -0.3 is 24.8 Å². The van der Waals surface area contributed by atoms with E-state index in [1.165, 1.54) is 0 Å². The van der Waals surface area contributed by atoms with Crippen molar-refractivity contribution in [2.75, 3.05) is 24.9 Å². The molecule has 0 radical (unpaired) electrons. The summed E-state index contributed by atoms with van der Waals surface area (Å²) in [6, 6.07) is 20.8. The fourth-order valence-electron chi connectivity index (χ4n) is 2.81. The molecule has 0 saturated heterocycles. The number of nitrogens with zero attached hydrogens (tertiary/aromatic N) is 1. The summed E-state index contributed by atoms with van der Waals surface area (Å²) in [5.74, 6) is 2.23. The first-order valence-corrected chi connectivity index (χ1v) is 9.60. The molecule has 0 aliphatic rings. The normalized spacial score (nSPS) is 11.0. The highest BCUT2D eigenvalue weighted by Gasteiger charge is 2.15. The maximum absolute atomic E-state index is 12.5. The number of anilines is 2. The van der Waals surface area contributed by atoms with E-state index < -0.39 is 6.04 Å². The van der Waals surface area contributed by atoms with Crippen LogP contribution in [0.2, 0.25) is 0 Å². The van der Waals surface area contributed by atoms with E-state index in [2.05, 4.69) is 10.6 Å². The van der Waals surface area contributed by atoms with E-state index in [9.17, 15) is 4.79 Å². The van der Waals surface area contributed by atoms with Crippen LogP contribution in [0.3, 0.4) is 0 Å². The average Bonchev–Trinajstić information content (AvgIpc) is 2.80. The van der Waals surface area contributed by atoms with Crippen LogP contribution in [-0.4, -0.2) is 26.2 Å². The highest BCUT2D eigenvalue weighted by atomic mass is 16.5. The van der Waals surface area contributed by atoms with Crippen molar-refractivity contribution in [1.82, 2.24) is 0 Å². The zero-order valence-corrected chi connectivity index (χ0v) is 17.5. The number of hydrogen-bond donors (Lipinski definition) is 2. The van der Waals surface area contributed by atoms with Crippen LogP contribution in [0.25, 0.3) is 0 Å². The standard InChI is InChI=1S/C24H23N3O4/c1-16(24(28)27-18-6-4-17(15-25)5-7-18)26-19-8-13-22(30-3)23(14-19)31-21-11-9-20(29-2)10-12-21/h4-14,16,26H,1-3H3,(H,27,28). The van der Waals surface area contributed by atoms with Crippen molar-refractivity contribution in [3.63, 3.8) is 0 Å². The third-order valence-electron chi connectivity index (χ3n) is 4.51. The number of benzene rings is 3. The number of carbonyl (C=O) groups is 1. The molecule has 158 valence electrons. The second kappa shape index (κ2) is 10.0. The first kappa shape index (κ1) is 21.5. The molecule has 1 amide bonds. The van der Waals surface area contributed by atoms with Gasteiger partial charge in [0.1, 0.15) is 17.5 Å². The quantitative estimate of drug-likeness (QED) is 0.547. The number of nitriles is 1. The summed E-state index contributed by atoms with van der Waals surface area (Å²) in [5, 5.41) is 14.8. The fourth-order valence-corrected chi connectivity index (χ4v) is 2.81. The molecule has 0 bridgehead atoms. The van der Waals surface area contributed by atoms with Crippen LogP contribution in [0, 0.1) is 11.3 Å². The van der Waals surface area contributed by atoms with Gasteiger partial charge in [-0.05, 0) is 67.6 Å². The molecule has 0 aliphatic carbocycles. The predicted octanol–water partition coefficient (Wildman–Crippen LogP) is 4.81. The molecular weight excluding hydrogens is 394 g/mol. The Bertz CT molecular complexity index is 1070. The summed E-state index contributed by atoms with van der Waals surface area (Å²) in [6.45, 7) is 1.76. The summed E-state index contributed by atoms with van der Waals surface area (Å²) in [7, 11) is 3.17. The van der Waals surface area contributed by atoms with Gasteiger partial charge in [0.05, 0.1) is 25.9 Å². The summed E-state index contributed by atoms with van der Waals surface area (Å²) in [4.78, 5) is 12.5. The third kappa shape index (κ3) is 5.67. The number of methoxy groups -OCH3 is 2. The van der Waals surface area contributed by atoms with E-state index in [0.717, 1.165) is 5.75 Å². The molecule has 0 fully saturated rings. The maximum atomic E-state index is 12.5. The van der Waals surface area contributed by atoms with E-state index in [1.54, 1.807) is 81.8 Å². The number of carbonyl (C=O) groups excluding carboxylic acids is 1. The highest BCUT2D eigenvalue weighted by Crippen LogP contribution is 2.34. The van der Waals surface area contributed by atoms with Crippen LogP contribution < -0.4 is 24.8 Å². The van der Waals surface area contributed by atoms with E-state index in [1.807, 2.05) is 12.1 Å². The molecule has 0 saturated carbocycles. The lowest BCUT2D eigenvalue weighted by atomic mass is 10.2.